The summed E-state index contributed by atoms with van der Waals surface area (Å²) in [5.74, 6) is -0.836. The number of carboxylic acid groups (broad SMARTS) is 1. The third kappa shape index (κ3) is 4.03. The van der Waals surface area contributed by atoms with Crippen molar-refractivity contribution in [3.8, 4) is 0 Å². The molecule has 0 heterocycles. The molecule has 116 valence electrons. The van der Waals surface area contributed by atoms with Gasteiger partial charge in [-0.25, -0.2) is 0 Å². The average Bonchev–Trinajstić information content (AvgIpc) is 2.44. The van der Waals surface area contributed by atoms with E-state index in [1.54, 1.807) is 12.1 Å². The molecule has 0 spiro atoms. The van der Waals surface area contributed by atoms with Gasteiger partial charge in [-0.2, -0.15) is 0 Å². The number of halogens is 1. The van der Waals surface area contributed by atoms with Crippen LogP contribution in [0.15, 0.2) is 22.7 Å². The molecule has 6 heteroatoms. The summed E-state index contributed by atoms with van der Waals surface area (Å²) in [6, 6.07) is 4.75. The highest BCUT2D eigenvalue weighted by atomic mass is 79.9. The fourth-order valence-corrected chi connectivity index (χ4v) is 3.00. The fraction of sp³-hybridized carbons (Fsp3) is 0.533. The van der Waals surface area contributed by atoms with E-state index >= 15 is 0 Å². The van der Waals surface area contributed by atoms with Crippen molar-refractivity contribution in [2.24, 2.45) is 5.41 Å². The van der Waals surface area contributed by atoms with Crippen LogP contribution in [0.2, 0.25) is 0 Å². The lowest BCUT2D eigenvalue weighted by Crippen LogP contribution is -2.33. The van der Waals surface area contributed by atoms with Gasteiger partial charge in [0.1, 0.15) is 0 Å². The Kier molecular flexibility index (Phi) is 6.33. The fourth-order valence-electron chi connectivity index (χ4n) is 2.45. The Morgan fingerprint density at radius 2 is 2.10 bits per heavy atom. The van der Waals surface area contributed by atoms with E-state index in [0.717, 1.165) is 12.8 Å². The zero-order valence-corrected chi connectivity index (χ0v) is 13.9. The van der Waals surface area contributed by atoms with Gasteiger partial charge in [0, 0.05) is 6.07 Å². The number of benzene rings is 1. The molecule has 1 rings (SSSR count). The smallest absolute Gasteiger partial charge is 0.309 e. The number of nitro benzene ring substituents is 1. The van der Waals surface area contributed by atoms with E-state index in [4.69, 9.17) is 0 Å². The van der Waals surface area contributed by atoms with Crippen molar-refractivity contribution in [2.45, 2.75) is 46.0 Å². The Balaban J connectivity index is 3.17. The van der Waals surface area contributed by atoms with Crippen LogP contribution in [0, 0.1) is 15.5 Å². The van der Waals surface area contributed by atoms with Crippen molar-refractivity contribution >= 4 is 27.6 Å². The van der Waals surface area contributed by atoms with E-state index in [1.165, 1.54) is 6.07 Å². The summed E-state index contributed by atoms with van der Waals surface area (Å²) in [5.41, 5.74) is -0.226. The number of hydrogen-bond donors (Lipinski definition) is 1. The predicted molar refractivity (Wildman–Crippen MR) is 84.4 cm³/mol. The highest BCUT2D eigenvalue weighted by molar-refractivity contribution is 9.10. The minimum atomic E-state index is -0.867. The van der Waals surface area contributed by atoms with Crippen LogP contribution in [0.5, 0.6) is 0 Å². The summed E-state index contributed by atoms with van der Waals surface area (Å²) in [6.07, 6.45) is 3.11. The van der Waals surface area contributed by atoms with Crippen LogP contribution in [0.25, 0.3) is 0 Å². The lowest BCUT2D eigenvalue weighted by molar-refractivity contribution is -0.385. The Hall–Kier alpha value is -1.43. The first-order valence-electron chi connectivity index (χ1n) is 7.03. The van der Waals surface area contributed by atoms with Crippen molar-refractivity contribution in [3.63, 3.8) is 0 Å². The second kappa shape index (κ2) is 7.54. The Bertz CT molecular complexity index is 532. The Labute approximate surface area is 132 Å². The van der Waals surface area contributed by atoms with Gasteiger partial charge in [-0.05, 0) is 40.8 Å². The van der Waals surface area contributed by atoms with Crippen LogP contribution < -0.4 is 0 Å². The molecule has 0 aliphatic carbocycles. The molecule has 1 atom stereocenters. The quantitative estimate of drug-likeness (QED) is 0.545. The number of carboxylic acids is 1. The molecular weight excluding hydrogens is 338 g/mol. The van der Waals surface area contributed by atoms with Gasteiger partial charge >= 0.3 is 5.97 Å². The van der Waals surface area contributed by atoms with Crippen molar-refractivity contribution in [3.05, 3.63) is 38.3 Å². The molecule has 21 heavy (non-hydrogen) atoms. The maximum atomic E-state index is 11.7. The van der Waals surface area contributed by atoms with Gasteiger partial charge in [0.2, 0.25) is 0 Å². The molecule has 1 unspecified atom stereocenters. The van der Waals surface area contributed by atoms with E-state index in [1.807, 2.05) is 13.8 Å². The molecular formula is C15H20BrNO4. The number of nitro groups is 1. The topological polar surface area (TPSA) is 80.4 Å². The van der Waals surface area contributed by atoms with Crippen LogP contribution in [0.3, 0.4) is 0 Å². The van der Waals surface area contributed by atoms with Gasteiger partial charge in [0.05, 0.1) is 14.8 Å². The number of aliphatic carboxylic acids is 1. The zero-order valence-electron chi connectivity index (χ0n) is 12.3. The molecule has 0 saturated heterocycles. The van der Waals surface area contributed by atoms with Gasteiger partial charge in [0.15, 0.2) is 0 Å². The molecule has 0 saturated carbocycles. The standard InChI is InChI=1S/C15H20BrNO4/c1-3-5-9-15(4-2,14(18)19)10-11-7-6-8-12(13(11)16)17(20)21/h6-8H,3-5,9-10H2,1-2H3,(H,18,19). The summed E-state index contributed by atoms with van der Waals surface area (Å²) >= 11 is 3.25. The summed E-state index contributed by atoms with van der Waals surface area (Å²) in [5, 5.41) is 20.6. The molecule has 0 fully saturated rings. The van der Waals surface area contributed by atoms with E-state index < -0.39 is 16.3 Å². The summed E-state index contributed by atoms with van der Waals surface area (Å²) in [6.45, 7) is 3.88. The average molecular weight is 358 g/mol. The molecule has 1 N–H and O–H groups in total. The summed E-state index contributed by atoms with van der Waals surface area (Å²) < 4.78 is 0.380. The van der Waals surface area contributed by atoms with Crippen LogP contribution >= 0.6 is 15.9 Å². The lowest BCUT2D eigenvalue weighted by Gasteiger charge is -2.28. The minimum absolute atomic E-state index is 0.0293. The molecule has 1 aromatic rings. The van der Waals surface area contributed by atoms with Crippen molar-refractivity contribution in [1.82, 2.24) is 0 Å². The number of hydrogen-bond acceptors (Lipinski definition) is 3. The third-order valence-corrected chi connectivity index (χ3v) is 4.84. The maximum absolute atomic E-state index is 11.7. The van der Waals surface area contributed by atoms with Crippen molar-refractivity contribution in [1.29, 1.82) is 0 Å². The molecule has 0 amide bonds. The number of nitrogens with zero attached hydrogens (tertiary/aromatic N) is 1. The Morgan fingerprint density at radius 3 is 2.57 bits per heavy atom. The molecule has 0 bridgehead atoms. The van der Waals surface area contributed by atoms with Crippen molar-refractivity contribution < 1.29 is 14.8 Å². The monoisotopic (exact) mass is 357 g/mol. The first kappa shape index (κ1) is 17.6. The van der Waals surface area contributed by atoms with E-state index in [0.29, 0.717) is 29.3 Å². The summed E-state index contributed by atoms with van der Waals surface area (Å²) in [7, 11) is 0. The molecule has 1 aromatic carbocycles. The van der Waals surface area contributed by atoms with Gasteiger partial charge in [0.25, 0.3) is 5.69 Å². The van der Waals surface area contributed by atoms with Crippen LogP contribution in [0.4, 0.5) is 5.69 Å². The van der Waals surface area contributed by atoms with E-state index in [-0.39, 0.29) is 5.69 Å². The second-order valence-corrected chi connectivity index (χ2v) is 6.02. The van der Waals surface area contributed by atoms with Gasteiger partial charge in [-0.3, -0.25) is 14.9 Å². The number of carbonyl (C=O) groups is 1. The highest BCUT2D eigenvalue weighted by Gasteiger charge is 2.37. The largest absolute Gasteiger partial charge is 0.481 e. The van der Waals surface area contributed by atoms with Gasteiger partial charge in [-0.15, -0.1) is 0 Å². The van der Waals surface area contributed by atoms with Gasteiger partial charge in [-0.1, -0.05) is 38.8 Å². The highest BCUT2D eigenvalue weighted by Crippen LogP contribution is 2.38. The lowest BCUT2D eigenvalue weighted by atomic mass is 9.75. The molecule has 5 nitrogen and oxygen atoms in total. The molecule has 0 aliphatic heterocycles. The number of rotatable bonds is 8. The Morgan fingerprint density at radius 1 is 1.43 bits per heavy atom. The SMILES string of the molecule is CCCCC(CC)(Cc1cccc([N+](=O)[O-])c1Br)C(=O)O. The van der Waals surface area contributed by atoms with E-state index in [2.05, 4.69) is 15.9 Å². The van der Waals surface area contributed by atoms with Gasteiger partial charge < -0.3 is 5.11 Å². The minimum Gasteiger partial charge on any atom is -0.481 e. The summed E-state index contributed by atoms with van der Waals surface area (Å²) in [4.78, 5) is 22.3. The molecule has 0 aliphatic rings. The van der Waals surface area contributed by atoms with Crippen LogP contribution in [-0.2, 0) is 11.2 Å². The molecule has 0 radical (unpaired) electrons. The first-order valence-corrected chi connectivity index (χ1v) is 7.82. The third-order valence-electron chi connectivity index (χ3n) is 3.92. The predicted octanol–water partition coefficient (Wildman–Crippen LogP) is 4.57. The molecule has 0 aromatic heterocycles. The first-order chi connectivity index (χ1) is 9.88. The van der Waals surface area contributed by atoms with Crippen LogP contribution in [-0.4, -0.2) is 16.0 Å². The van der Waals surface area contributed by atoms with Crippen LogP contribution in [0.1, 0.15) is 45.1 Å². The van der Waals surface area contributed by atoms with E-state index in [9.17, 15) is 20.0 Å². The number of unbranched alkanes of at least 4 members (excludes halogenated alkanes) is 1. The second-order valence-electron chi connectivity index (χ2n) is 5.23. The zero-order chi connectivity index (χ0) is 16.0. The maximum Gasteiger partial charge on any atom is 0.309 e. The normalized spacial score (nSPS) is 13.7. The van der Waals surface area contributed by atoms with Crippen molar-refractivity contribution in [2.75, 3.05) is 0 Å².